The lowest BCUT2D eigenvalue weighted by Gasteiger charge is -2.25. The second kappa shape index (κ2) is 5.13. The van der Waals surface area contributed by atoms with Crippen LogP contribution in [0, 0.1) is 0 Å². The zero-order chi connectivity index (χ0) is 14.9. The number of carbonyl (C=O) groups excluding carboxylic acids is 2. The summed E-state index contributed by atoms with van der Waals surface area (Å²) in [4.78, 5) is 35.7. The third-order valence-electron chi connectivity index (χ3n) is 3.34. The second-order valence-corrected chi connectivity index (χ2v) is 4.92. The Balaban J connectivity index is 2.42. The van der Waals surface area contributed by atoms with E-state index in [1.165, 1.54) is 0 Å². The number of hydrogen-bond acceptors (Lipinski definition) is 3. The summed E-state index contributed by atoms with van der Waals surface area (Å²) < 4.78 is 0. The lowest BCUT2D eigenvalue weighted by atomic mass is 9.87. The van der Waals surface area contributed by atoms with Crippen LogP contribution in [0.25, 0.3) is 0 Å². The van der Waals surface area contributed by atoms with Crippen LogP contribution < -0.4 is 5.32 Å². The highest BCUT2D eigenvalue weighted by atomic mass is 35.5. The molecule has 1 aliphatic rings. The Morgan fingerprint density at radius 3 is 2.45 bits per heavy atom. The molecule has 1 saturated heterocycles. The van der Waals surface area contributed by atoms with E-state index in [9.17, 15) is 14.4 Å². The van der Waals surface area contributed by atoms with Crippen LogP contribution in [-0.2, 0) is 15.1 Å². The van der Waals surface area contributed by atoms with Crippen LogP contribution >= 0.6 is 11.6 Å². The summed E-state index contributed by atoms with van der Waals surface area (Å²) in [6.07, 6.45) is 0.315. The molecule has 6 nitrogen and oxygen atoms in total. The maximum atomic E-state index is 12.4. The van der Waals surface area contributed by atoms with E-state index in [1.807, 2.05) is 0 Å². The summed E-state index contributed by atoms with van der Waals surface area (Å²) in [5.74, 6) is -1.80. The molecule has 1 aromatic rings. The molecule has 7 heteroatoms. The average Bonchev–Trinajstić information content (AvgIpc) is 2.64. The highest BCUT2D eigenvalue weighted by Crippen LogP contribution is 2.32. The molecule has 2 N–H and O–H groups in total. The molecule has 0 spiro atoms. The van der Waals surface area contributed by atoms with Crippen LogP contribution in [0.5, 0.6) is 0 Å². The van der Waals surface area contributed by atoms with Crippen LogP contribution in [0.3, 0.4) is 0 Å². The van der Waals surface area contributed by atoms with Crippen molar-refractivity contribution in [2.24, 2.45) is 0 Å². The number of nitrogens with one attached hydrogen (secondary N) is 1. The van der Waals surface area contributed by atoms with E-state index in [2.05, 4.69) is 5.32 Å². The van der Waals surface area contributed by atoms with Gasteiger partial charge in [-0.05, 0) is 24.1 Å². The number of carboxylic acid groups (broad SMARTS) is 1. The first-order chi connectivity index (χ1) is 9.40. The largest absolute Gasteiger partial charge is 0.480 e. The van der Waals surface area contributed by atoms with E-state index in [0.717, 1.165) is 0 Å². The Morgan fingerprint density at radius 2 is 1.95 bits per heavy atom. The first kappa shape index (κ1) is 14.3. The predicted molar refractivity (Wildman–Crippen MR) is 71.3 cm³/mol. The van der Waals surface area contributed by atoms with E-state index in [1.54, 1.807) is 31.2 Å². The summed E-state index contributed by atoms with van der Waals surface area (Å²) in [6.45, 7) is 1.09. The van der Waals surface area contributed by atoms with Gasteiger partial charge in [-0.2, -0.15) is 0 Å². The van der Waals surface area contributed by atoms with Gasteiger partial charge in [0.1, 0.15) is 12.1 Å². The van der Waals surface area contributed by atoms with Crippen molar-refractivity contribution in [1.82, 2.24) is 10.2 Å². The van der Waals surface area contributed by atoms with Crippen molar-refractivity contribution < 1.29 is 19.5 Å². The van der Waals surface area contributed by atoms with E-state index in [0.29, 0.717) is 21.9 Å². The van der Waals surface area contributed by atoms with Gasteiger partial charge in [0.15, 0.2) is 0 Å². The van der Waals surface area contributed by atoms with Gasteiger partial charge in [-0.15, -0.1) is 0 Å². The molecule has 0 unspecified atom stereocenters. The minimum Gasteiger partial charge on any atom is -0.480 e. The number of benzene rings is 1. The molecule has 0 aliphatic carbocycles. The van der Waals surface area contributed by atoms with Crippen LogP contribution in [0.2, 0.25) is 5.02 Å². The highest BCUT2D eigenvalue weighted by molar-refractivity contribution is 6.30. The summed E-state index contributed by atoms with van der Waals surface area (Å²) >= 11 is 5.81. The fourth-order valence-electron chi connectivity index (χ4n) is 2.28. The molecule has 20 heavy (non-hydrogen) atoms. The molecule has 1 aliphatic heterocycles. The number of aliphatic carboxylic acids is 1. The number of amides is 3. The predicted octanol–water partition coefficient (Wildman–Crippen LogP) is 1.58. The van der Waals surface area contributed by atoms with E-state index < -0.39 is 30.0 Å². The van der Waals surface area contributed by atoms with Crippen molar-refractivity contribution in [3.8, 4) is 0 Å². The molecular formula is C13H13ClN2O4. The molecule has 2 rings (SSSR count). The van der Waals surface area contributed by atoms with E-state index >= 15 is 0 Å². The van der Waals surface area contributed by atoms with Gasteiger partial charge >= 0.3 is 12.0 Å². The Morgan fingerprint density at radius 1 is 1.35 bits per heavy atom. The molecule has 0 bridgehead atoms. The minimum atomic E-state index is -1.24. The normalized spacial score (nSPS) is 22.0. The number of carbonyl (C=O) groups is 3. The minimum absolute atomic E-state index is 0.315. The number of carboxylic acids is 1. The average molecular weight is 297 g/mol. The van der Waals surface area contributed by atoms with E-state index in [4.69, 9.17) is 16.7 Å². The molecule has 0 aromatic heterocycles. The standard InChI is InChI=1S/C13H13ClN2O4/c1-2-13(8-3-5-9(14)6-4-8)11(19)16(7-10(17)18)12(20)15-13/h3-6H,2,7H2,1H3,(H,15,20)(H,17,18)/t13-/m0/s1. The number of nitrogens with zero attached hydrogens (tertiary/aromatic N) is 1. The number of urea groups is 1. The maximum Gasteiger partial charge on any atom is 0.325 e. The lowest BCUT2D eigenvalue weighted by molar-refractivity contribution is -0.143. The van der Waals surface area contributed by atoms with Gasteiger partial charge in [0, 0.05) is 5.02 Å². The summed E-state index contributed by atoms with van der Waals surface area (Å²) in [5, 5.41) is 11.9. The van der Waals surface area contributed by atoms with Gasteiger partial charge in [0.05, 0.1) is 0 Å². The SMILES string of the molecule is CC[C@@]1(c2ccc(Cl)cc2)NC(=O)N(CC(=O)O)C1=O. The van der Waals surface area contributed by atoms with Crippen LogP contribution in [0.4, 0.5) is 4.79 Å². The Bertz CT molecular complexity index is 572. The molecule has 1 fully saturated rings. The Labute approximate surface area is 120 Å². The molecule has 0 saturated carbocycles. The molecule has 1 heterocycles. The van der Waals surface area contributed by atoms with Crippen molar-refractivity contribution in [3.63, 3.8) is 0 Å². The monoisotopic (exact) mass is 296 g/mol. The van der Waals surface area contributed by atoms with Crippen LogP contribution in [-0.4, -0.2) is 34.5 Å². The van der Waals surface area contributed by atoms with Gasteiger partial charge in [-0.3, -0.25) is 14.5 Å². The molecule has 1 atom stereocenters. The van der Waals surface area contributed by atoms with Crippen molar-refractivity contribution in [3.05, 3.63) is 34.9 Å². The van der Waals surface area contributed by atoms with Crippen LogP contribution in [0.1, 0.15) is 18.9 Å². The van der Waals surface area contributed by atoms with Crippen molar-refractivity contribution >= 4 is 29.5 Å². The Hall–Kier alpha value is -2.08. The third kappa shape index (κ3) is 2.22. The van der Waals surface area contributed by atoms with Crippen LogP contribution in [0.15, 0.2) is 24.3 Å². The van der Waals surface area contributed by atoms with Gasteiger partial charge in [0.25, 0.3) is 5.91 Å². The van der Waals surface area contributed by atoms with Gasteiger partial charge < -0.3 is 10.4 Å². The zero-order valence-corrected chi connectivity index (χ0v) is 11.5. The first-order valence-electron chi connectivity index (χ1n) is 6.02. The fourth-order valence-corrected chi connectivity index (χ4v) is 2.40. The first-order valence-corrected chi connectivity index (χ1v) is 6.40. The molecule has 1 aromatic carbocycles. The number of halogens is 1. The number of imide groups is 1. The van der Waals surface area contributed by atoms with Gasteiger partial charge in [-0.1, -0.05) is 30.7 Å². The molecule has 106 valence electrons. The van der Waals surface area contributed by atoms with Crippen molar-refractivity contribution in [2.75, 3.05) is 6.54 Å². The lowest BCUT2D eigenvalue weighted by Crippen LogP contribution is -2.43. The highest BCUT2D eigenvalue weighted by Gasteiger charge is 2.51. The molecule has 0 radical (unpaired) electrons. The topological polar surface area (TPSA) is 86.7 Å². The van der Waals surface area contributed by atoms with Crippen molar-refractivity contribution in [1.29, 1.82) is 0 Å². The molecular weight excluding hydrogens is 284 g/mol. The van der Waals surface area contributed by atoms with Crippen molar-refractivity contribution in [2.45, 2.75) is 18.9 Å². The number of hydrogen-bond donors (Lipinski definition) is 2. The summed E-state index contributed by atoms with van der Waals surface area (Å²) in [6, 6.07) is 5.83. The summed E-state index contributed by atoms with van der Waals surface area (Å²) in [5.41, 5.74) is -0.646. The van der Waals surface area contributed by atoms with Gasteiger partial charge in [-0.25, -0.2) is 4.79 Å². The third-order valence-corrected chi connectivity index (χ3v) is 3.59. The maximum absolute atomic E-state index is 12.4. The second-order valence-electron chi connectivity index (χ2n) is 4.48. The quantitative estimate of drug-likeness (QED) is 0.826. The Kier molecular flexibility index (Phi) is 3.67. The van der Waals surface area contributed by atoms with E-state index in [-0.39, 0.29) is 0 Å². The molecule has 3 amide bonds. The number of rotatable bonds is 4. The fraction of sp³-hybridized carbons (Fsp3) is 0.308. The smallest absolute Gasteiger partial charge is 0.325 e. The zero-order valence-electron chi connectivity index (χ0n) is 10.7. The van der Waals surface area contributed by atoms with Gasteiger partial charge in [0.2, 0.25) is 0 Å². The summed E-state index contributed by atoms with van der Waals surface area (Å²) in [7, 11) is 0.